The smallest absolute Gasteiger partial charge is 0.122 e. The van der Waals surface area contributed by atoms with Crippen molar-refractivity contribution < 1.29 is 14.2 Å². The lowest BCUT2D eigenvalue weighted by molar-refractivity contribution is 0.0804. The molecule has 120 valence electrons. The highest BCUT2D eigenvalue weighted by atomic mass is 35.5. The van der Waals surface area contributed by atoms with Crippen LogP contribution in [0.25, 0.3) is 0 Å². The summed E-state index contributed by atoms with van der Waals surface area (Å²) in [7, 11) is 1.69. The third-order valence-corrected chi connectivity index (χ3v) is 3.39. The molecule has 0 amide bonds. The van der Waals surface area contributed by atoms with Crippen LogP contribution in [0.1, 0.15) is 25.3 Å². The summed E-state index contributed by atoms with van der Waals surface area (Å²) in [6, 6.07) is 5.77. The third-order valence-electron chi connectivity index (χ3n) is 3.15. The van der Waals surface area contributed by atoms with Gasteiger partial charge in [-0.1, -0.05) is 18.5 Å². The molecule has 0 saturated carbocycles. The molecule has 0 aliphatic rings. The molecule has 0 fully saturated rings. The van der Waals surface area contributed by atoms with Crippen molar-refractivity contribution >= 4 is 11.6 Å². The Balaban J connectivity index is 2.39. The molecule has 21 heavy (non-hydrogen) atoms. The molecule has 0 aliphatic heterocycles. The van der Waals surface area contributed by atoms with Crippen molar-refractivity contribution in [1.82, 2.24) is 0 Å². The van der Waals surface area contributed by atoms with Gasteiger partial charge in [0.2, 0.25) is 0 Å². The monoisotopic (exact) mass is 315 g/mol. The highest BCUT2D eigenvalue weighted by Gasteiger charge is 2.09. The zero-order valence-electron chi connectivity index (χ0n) is 12.9. The van der Waals surface area contributed by atoms with Crippen molar-refractivity contribution in [1.29, 1.82) is 0 Å². The number of halogens is 1. The zero-order valence-corrected chi connectivity index (χ0v) is 13.7. The van der Waals surface area contributed by atoms with Crippen LogP contribution in [0.3, 0.4) is 0 Å². The highest BCUT2D eigenvalue weighted by molar-refractivity contribution is 6.30. The van der Waals surface area contributed by atoms with E-state index in [1.165, 1.54) is 0 Å². The molecule has 4 nitrogen and oxygen atoms in total. The molecule has 0 aliphatic carbocycles. The van der Waals surface area contributed by atoms with E-state index in [0.717, 1.165) is 37.2 Å². The molecule has 1 aromatic carbocycles. The van der Waals surface area contributed by atoms with Crippen molar-refractivity contribution in [3.63, 3.8) is 0 Å². The van der Waals surface area contributed by atoms with Gasteiger partial charge in [-0.05, 0) is 43.0 Å². The molecule has 0 spiro atoms. The topological polar surface area (TPSA) is 53.7 Å². The van der Waals surface area contributed by atoms with Gasteiger partial charge >= 0.3 is 0 Å². The number of nitrogens with two attached hydrogens (primary N) is 1. The van der Waals surface area contributed by atoms with E-state index in [9.17, 15) is 0 Å². The molecule has 1 unspecified atom stereocenters. The molecule has 5 heteroatoms. The van der Waals surface area contributed by atoms with Crippen LogP contribution in [0.15, 0.2) is 18.2 Å². The summed E-state index contributed by atoms with van der Waals surface area (Å²) in [5, 5.41) is 0.705. The van der Waals surface area contributed by atoms with E-state index < -0.39 is 0 Å². The van der Waals surface area contributed by atoms with Crippen LogP contribution in [0, 0.1) is 0 Å². The fourth-order valence-electron chi connectivity index (χ4n) is 1.89. The average Bonchev–Trinajstić information content (AvgIpc) is 2.48. The predicted molar refractivity (Wildman–Crippen MR) is 86.2 cm³/mol. The summed E-state index contributed by atoms with van der Waals surface area (Å²) in [6.45, 7) is 4.56. The highest BCUT2D eigenvalue weighted by Crippen LogP contribution is 2.24. The molecule has 0 heterocycles. The number of hydrogen-bond donors (Lipinski definition) is 1. The Bertz CT molecular complexity index is 401. The van der Waals surface area contributed by atoms with Crippen LogP contribution in [0.4, 0.5) is 0 Å². The maximum absolute atomic E-state index is 6.04. The Morgan fingerprint density at radius 3 is 2.71 bits per heavy atom. The first-order chi connectivity index (χ1) is 10.2. The minimum absolute atomic E-state index is 0.121. The fourth-order valence-corrected chi connectivity index (χ4v) is 2.09. The van der Waals surface area contributed by atoms with Crippen LogP contribution < -0.4 is 10.5 Å². The SMILES string of the molecule is CCC(N)Cc1cc(Cl)ccc1OCCOCCCOC. The molecule has 1 atom stereocenters. The summed E-state index contributed by atoms with van der Waals surface area (Å²) in [5.41, 5.74) is 7.06. The van der Waals surface area contributed by atoms with Gasteiger partial charge in [0.1, 0.15) is 12.4 Å². The van der Waals surface area contributed by atoms with E-state index >= 15 is 0 Å². The van der Waals surface area contributed by atoms with Gasteiger partial charge in [-0.15, -0.1) is 0 Å². The molecule has 0 radical (unpaired) electrons. The van der Waals surface area contributed by atoms with E-state index in [2.05, 4.69) is 6.92 Å². The van der Waals surface area contributed by atoms with Crippen LogP contribution in [-0.2, 0) is 15.9 Å². The van der Waals surface area contributed by atoms with Crippen molar-refractivity contribution in [3.05, 3.63) is 28.8 Å². The summed E-state index contributed by atoms with van der Waals surface area (Å²) < 4.78 is 16.2. The number of hydrogen-bond acceptors (Lipinski definition) is 4. The lowest BCUT2D eigenvalue weighted by Crippen LogP contribution is -2.22. The standard InChI is InChI=1S/C16H26ClNO3/c1-3-15(18)12-13-11-14(17)5-6-16(13)21-10-9-20-8-4-7-19-2/h5-6,11,15H,3-4,7-10,12,18H2,1-2H3. The van der Waals surface area contributed by atoms with E-state index in [4.69, 9.17) is 31.5 Å². The minimum atomic E-state index is 0.121. The maximum Gasteiger partial charge on any atom is 0.122 e. The first-order valence-electron chi connectivity index (χ1n) is 7.40. The van der Waals surface area contributed by atoms with Gasteiger partial charge in [-0.2, -0.15) is 0 Å². The molecule has 0 bridgehead atoms. The summed E-state index contributed by atoms with van der Waals surface area (Å²) in [4.78, 5) is 0. The average molecular weight is 316 g/mol. The van der Waals surface area contributed by atoms with E-state index in [-0.39, 0.29) is 6.04 Å². The number of rotatable bonds is 11. The Morgan fingerprint density at radius 2 is 2.00 bits per heavy atom. The molecule has 0 saturated heterocycles. The Labute approximate surface area is 132 Å². The van der Waals surface area contributed by atoms with Crippen LogP contribution in [0.5, 0.6) is 5.75 Å². The van der Waals surface area contributed by atoms with Gasteiger partial charge in [0.05, 0.1) is 6.61 Å². The van der Waals surface area contributed by atoms with Crippen molar-refractivity contribution in [2.45, 2.75) is 32.2 Å². The predicted octanol–water partition coefficient (Wildman–Crippen LogP) is 3.05. The second-order valence-electron chi connectivity index (χ2n) is 4.93. The third kappa shape index (κ3) is 7.67. The van der Waals surface area contributed by atoms with Gasteiger partial charge in [0.15, 0.2) is 0 Å². The number of ether oxygens (including phenoxy) is 3. The first kappa shape index (κ1) is 18.2. The van der Waals surface area contributed by atoms with Gasteiger partial charge in [-0.3, -0.25) is 0 Å². The maximum atomic E-state index is 6.04. The first-order valence-corrected chi connectivity index (χ1v) is 7.78. The van der Waals surface area contributed by atoms with Crippen molar-refractivity contribution in [2.24, 2.45) is 5.73 Å². The quantitative estimate of drug-likeness (QED) is 0.638. The second-order valence-corrected chi connectivity index (χ2v) is 5.37. The largest absolute Gasteiger partial charge is 0.491 e. The summed E-state index contributed by atoms with van der Waals surface area (Å²) in [6.07, 6.45) is 2.59. The molecule has 1 rings (SSSR count). The lowest BCUT2D eigenvalue weighted by atomic mass is 10.0. The zero-order chi connectivity index (χ0) is 15.5. The molecule has 0 aromatic heterocycles. The minimum Gasteiger partial charge on any atom is -0.491 e. The number of benzene rings is 1. The normalized spacial score (nSPS) is 12.4. The molecular formula is C16H26ClNO3. The fraction of sp³-hybridized carbons (Fsp3) is 0.625. The van der Waals surface area contributed by atoms with Gasteiger partial charge in [0.25, 0.3) is 0 Å². The van der Waals surface area contributed by atoms with E-state index in [0.29, 0.717) is 24.8 Å². The second kappa shape index (κ2) is 10.9. The summed E-state index contributed by atoms with van der Waals surface area (Å²) >= 11 is 6.04. The van der Waals surface area contributed by atoms with Gasteiger partial charge in [0, 0.05) is 31.4 Å². The van der Waals surface area contributed by atoms with E-state index in [1.54, 1.807) is 7.11 Å². The van der Waals surface area contributed by atoms with Crippen molar-refractivity contribution in [2.75, 3.05) is 33.5 Å². The van der Waals surface area contributed by atoms with Crippen LogP contribution >= 0.6 is 11.6 Å². The van der Waals surface area contributed by atoms with Crippen LogP contribution in [0.2, 0.25) is 5.02 Å². The number of methoxy groups -OCH3 is 1. The van der Waals surface area contributed by atoms with Gasteiger partial charge < -0.3 is 19.9 Å². The van der Waals surface area contributed by atoms with Crippen molar-refractivity contribution in [3.8, 4) is 5.75 Å². The molecule has 1 aromatic rings. The van der Waals surface area contributed by atoms with Gasteiger partial charge in [-0.25, -0.2) is 0 Å². The van der Waals surface area contributed by atoms with Crippen LogP contribution in [-0.4, -0.2) is 39.6 Å². The molecular weight excluding hydrogens is 290 g/mol. The lowest BCUT2D eigenvalue weighted by Gasteiger charge is -2.15. The molecule has 2 N–H and O–H groups in total. The Morgan fingerprint density at radius 1 is 1.19 bits per heavy atom. The Kier molecular flexibility index (Phi) is 9.42. The Hall–Kier alpha value is -0.810. The van der Waals surface area contributed by atoms with E-state index in [1.807, 2.05) is 18.2 Å². The summed E-state index contributed by atoms with van der Waals surface area (Å²) in [5.74, 6) is 0.837.